The molecule has 102 valence electrons. The van der Waals surface area contributed by atoms with E-state index in [1.54, 1.807) is 4.90 Å². The summed E-state index contributed by atoms with van der Waals surface area (Å²) < 4.78 is 5.80. The van der Waals surface area contributed by atoms with Crippen molar-refractivity contribution in [3.05, 3.63) is 60.2 Å². The van der Waals surface area contributed by atoms with Gasteiger partial charge in [0, 0.05) is 18.7 Å². The Morgan fingerprint density at radius 1 is 1.05 bits per heavy atom. The average Bonchev–Trinajstić information content (AvgIpc) is 2.84. The molecule has 0 saturated carbocycles. The number of hydrogen-bond donors (Lipinski definition) is 0. The van der Waals surface area contributed by atoms with Crippen molar-refractivity contribution in [2.24, 2.45) is 0 Å². The zero-order valence-electron chi connectivity index (χ0n) is 11.5. The fourth-order valence-electron chi connectivity index (χ4n) is 2.41. The van der Waals surface area contributed by atoms with Crippen molar-refractivity contribution in [2.75, 3.05) is 11.4 Å². The summed E-state index contributed by atoms with van der Waals surface area (Å²) in [5.41, 5.74) is 2.12. The Hall–Kier alpha value is -2.29. The van der Waals surface area contributed by atoms with E-state index >= 15 is 0 Å². The molecule has 0 radical (unpaired) electrons. The summed E-state index contributed by atoms with van der Waals surface area (Å²) in [5, 5.41) is 0. The maximum atomic E-state index is 12.4. The molecule has 2 aromatic rings. The van der Waals surface area contributed by atoms with Crippen LogP contribution >= 0.6 is 0 Å². The second-order valence-corrected chi connectivity index (χ2v) is 5.03. The Labute approximate surface area is 118 Å². The van der Waals surface area contributed by atoms with E-state index in [1.807, 2.05) is 61.5 Å². The first-order valence-electron chi connectivity index (χ1n) is 6.84. The maximum absolute atomic E-state index is 12.4. The fraction of sp³-hybridized carbons (Fsp3) is 0.235. The molecule has 1 amide bonds. The standard InChI is InChI=1S/C17H17NO2/c1-13-7-9-15(10-8-13)20-16-11-12-18(17(16)19)14-5-3-2-4-6-14/h2-10,16H,11-12H2,1H3. The second kappa shape index (κ2) is 5.37. The van der Waals surface area contributed by atoms with E-state index in [9.17, 15) is 4.79 Å². The number of hydrogen-bond acceptors (Lipinski definition) is 2. The lowest BCUT2D eigenvalue weighted by Gasteiger charge is -2.17. The Kier molecular flexibility index (Phi) is 3.42. The molecule has 1 heterocycles. The van der Waals surface area contributed by atoms with Crippen molar-refractivity contribution < 1.29 is 9.53 Å². The summed E-state index contributed by atoms with van der Waals surface area (Å²) in [4.78, 5) is 14.2. The van der Waals surface area contributed by atoms with Gasteiger partial charge in [0.15, 0.2) is 6.10 Å². The molecular formula is C17H17NO2. The third-order valence-corrected chi connectivity index (χ3v) is 3.52. The van der Waals surface area contributed by atoms with E-state index in [0.29, 0.717) is 6.54 Å². The largest absolute Gasteiger partial charge is 0.481 e. The van der Waals surface area contributed by atoms with Gasteiger partial charge in [-0.15, -0.1) is 0 Å². The molecule has 0 bridgehead atoms. The molecule has 0 aliphatic carbocycles. The van der Waals surface area contributed by atoms with Gasteiger partial charge < -0.3 is 9.64 Å². The van der Waals surface area contributed by atoms with Crippen LogP contribution in [0, 0.1) is 6.92 Å². The number of benzene rings is 2. The molecule has 1 aliphatic rings. The van der Waals surface area contributed by atoms with Gasteiger partial charge in [-0.25, -0.2) is 0 Å². The normalized spacial score (nSPS) is 18.4. The molecule has 1 aliphatic heterocycles. The van der Waals surface area contributed by atoms with Crippen molar-refractivity contribution in [1.82, 2.24) is 0 Å². The molecule has 0 aromatic heterocycles. The number of rotatable bonds is 3. The number of carbonyl (C=O) groups excluding carboxylic acids is 1. The van der Waals surface area contributed by atoms with Crippen LogP contribution in [0.4, 0.5) is 5.69 Å². The van der Waals surface area contributed by atoms with Crippen LogP contribution in [0.15, 0.2) is 54.6 Å². The topological polar surface area (TPSA) is 29.5 Å². The third kappa shape index (κ3) is 2.52. The van der Waals surface area contributed by atoms with Crippen molar-refractivity contribution in [3.63, 3.8) is 0 Å². The Morgan fingerprint density at radius 2 is 1.75 bits per heavy atom. The molecule has 0 spiro atoms. The number of anilines is 1. The highest BCUT2D eigenvalue weighted by Gasteiger charge is 2.34. The number of carbonyl (C=O) groups is 1. The zero-order valence-corrected chi connectivity index (χ0v) is 11.5. The minimum Gasteiger partial charge on any atom is -0.481 e. The summed E-state index contributed by atoms with van der Waals surface area (Å²) in [6.07, 6.45) is 0.347. The van der Waals surface area contributed by atoms with Crippen LogP contribution in [-0.4, -0.2) is 18.6 Å². The second-order valence-electron chi connectivity index (χ2n) is 5.03. The summed E-state index contributed by atoms with van der Waals surface area (Å²) in [5.74, 6) is 0.792. The molecule has 0 N–H and O–H groups in total. The summed E-state index contributed by atoms with van der Waals surface area (Å²) in [6.45, 7) is 2.74. The van der Waals surface area contributed by atoms with Crippen molar-refractivity contribution >= 4 is 11.6 Å². The lowest BCUT2D eigenvalue weighted by Crippen LogP contribution is -2.32. The van der Waals surface area contributed by atoms with Crippen LogP contribution in [-0.2, 0) is 4.79 Å². The minimum atomic E-state index is -0.377. The third-order valence-electron chi connectivity index (χ3n) is 3.52. The molecule has 1 unspecified atom stereocenters. The minimum absolute atomic E-state index is 0.0387. The number of ether oxygens (including phenoxy) is 1. The van der Waals surface area contributed by atoms with Gasteiger partial charge >= 0.3 is 0 Å². The molecule has 3 rings (SSSR count). The van der Waals surface area contributed by atoms with Gasteiger partial charge in [-0.3, -0.25) is 4.79 Å². The maximum Gasteiger partial charge on any atom is 0.268 e. The highest BCUT2D eigenvalue weighted by Crippen LogP contribution is 2.24. The quantitative estimate of drug-likeness (QED) is 0.854. The van der Waals surface area contributed by atoms with Crippen LogP contribution < -0.4 is 9.64 Å². The van der Waals surface area contributed by atoms with E-state index in [-0.39, 0.29) is 12.0 Å². The van der Waals surface area contributed by atoms with Gasteiger partial charge in [-0.1, -0.05) is 35.9 Å². The Balaban J connectivity index is 1.71. The van der Waals surface area contributed by atoms with E-state index in [1.165, 1.54) is 5.56 Å². The van der Waals surface area contributed by atoms with Gasteiger partial charge in [-0.2, -0.15) is 0 Å². The van der Waals surface area contributed by atoms with Crippen molar-refractivity contribution in [2.45, 2.75) is 19.4 Å². The predicted molar refractivity (Wildman–Crippen MR) is 79.0 cm³/mol. The molecular weight excluding hydrogens is 250 g/mol. The summed E-state index contributed by atoms with van der Waals surface area (Å²) in [7, 11) is 0. The lowest BCUT2D eigenvalue weighted by atomic mass is 10.2. The Morgan fingerprint density at radius 3 is 2.45 bits per heavy atom. The van der Waals surface area contributed by atoms with Crippen LogP contribution in [0.2, 0.25) is 0 Å². The van der Waals surface area contributed by atoms with Crippen LogP contribution in [0.25, 0.3) is 0 Å². The summed E-state index contributed by atoms with van der Waals surface area (Å²) >= 11 is 0. The van der Waals surface area contributed by atoms with Crippen molar-refractivity contribution in [3.8, 4) is 5.75 Å². The van der Waals surface area contributed by atoms with Gasteiger partial charge in [0.05, 0.1) is 0 Å². The van der Waals surface area contributed by atoms with E-state index in [0.717, 1.165) is 17.9 Å². The van der Waals surface area contributed by atoms with Gasteiger partial charge in [0.25, 0.3) is 5.91 Å². The van der Waals surface area contributed by atoms with E-state index < -0.39 is 0 Å². The predicted octanol–water partition coefficient (Wildman–Crippen LogP) is 3.18. The number of aryl methyl sites for hydroxylation is 1. The van der Waals surface area contributed by atoms with Crippen molar-refractivity contribution in [1.29, 1.82) is 0 Å². The molecule has 1 saturated heterocycles. The first kappa shape index (κ1) is 12.7. The fourth-order valence-corrected chi connectivity index (χ4v) is 2.41. The summed E-state index contributed by atoms with van der Waals surface area (Å²) in [6, 6.07) is 17.5. The molecule has 3 heteroatoms. The number of para-hydroxylation sites is 1. The molecule has 1 fully saturated rings. The Bertz CT molecular complexity index is 592. The highest BCUT2D eigenvalue weighted by atomic mass is 16.5. The lowest BCUT2D eigenvalue weighted by molar-refractivity contribution is -0.122. The first-order valence-corrected chi connectivity index (χ1v) is 6.84. The van der Waals surface area contributed by atoms with Crippen LogP contribution in [0.1, 0.15) is 12.0 Å². The first-order chi connectivity index (χ1) is 9.74. The number of nitrogens with zero attached hydrogens (tertiary/aromatic N) is 1. The molecule has 2 aromatic carbocycles. The molecule has 3 nitrogen and oxygen atoms in total. The van der Waals surface area contributed by atoms with E-state index in [2.05, 4.69) is 0 Å². The molecule has 20 heavy (non-hydrogen) atoms. The molecule has 1 atom stereocenters. The zero-order chi connectivity index (χ0) is 13.9. The smallest absolute Gasteiger partial charge is 0.268 e. The van der Waals surface area contributed by atoms with Crippen LogP contribution in [0.5, 0.6) is 5.75 Å². The number of amides is 1. The average molecular weight is 267 g/mol. The highest BCUT2D eigenvalue weighted by molar-refractivity contribution is 5.98. The van der Waals surface area contributed by atoms with Gasteiger partial charge in [-0.05, 0) is 31.2 Å². The monoisotopic (exact) mass is 267 g/mol. The van der Waals surface area contributed by atoms with Gasteiger partial charge in [0.2, 0.25) is 0 Å². The van der Waals surface area contributed by atoms with Crippen LogP contribution in [0.3, 0.4) is 0 Å². The SMILES string of the molecule is Cc1ccc(OC2CCN(c3ccccc3)C2=O)cc1. The van der Waals surface area contributed by atoms with Gasteiger partial charge in [0.1, 0.15) is 5.75 Å². The van der Waals surface area contributed by atoms with E-state index in [4.69, 9.17) is 4.74 Å².